The highest BCUT2D eigenvalue weighted by molar-refractivity contribution is 7.92. The number of ether oxygens (including phenoxy) is 1. The fraction of sp³-hybridized carbons (Fsp3) is 0.0769. The van der Waals surface area contributed by atoms with Gasteiger partial charge in [0, 0.05) is 6.20 Å². The Labute approximate surface area is 121 Å². The second-order valence-electron chi connectivity index (χ2n) is 4.02. The Morgan fingerprint density at radius 2 is 1.86 bits per heavy atom. The Morgan fingerprint density at radius 3 is 2.33 bits per heavy atom. The molecule has 1 heterocycles. The molecule has 21 heavy (non-hydrogen) atoms. The molecule has 8 heteroatoms. The van der Waals surface area contributed by atoms with E-state index in [1.54, 1.807) is 0 Å². The summed E-state index contributed by atoms with van der Waals surface area (Å²) in [6.07, 6.45) is 1.08. The molecule has 0 aliphatic carbocycles. The van der Waals surface area contributed by atoms with E-state index in [0.29, 0.717) is 5.75 Å². The highest BCUT2D eigenvalue weighted by Crippen LogP contribution is 2.18. The molecule has 0 bridgehead atoms. The van der Waals surface area contributed by atoms with Crippen molar-refractivity contribution in [2.24, 2.45) is 0 Å². The molecule has 0 radical (unpaired) electrons. The first-order valence-corrected chi connectivity index (χ1v) is 7.27. The van der Waals surface area contributed by atoms with Gasteiger partial charge in [-0.3, -0.25) is 4.72 Å². The molecular weight excluding hydrogens is 296 g/mol. The van der Waals surface area contributed by atoms with Crippen molar-refractivity contribution in [3.05, 3.63) is 48.2 Å². The molecule has 1 aromatic heterocycles. The molecule has 2 rings (SSSR count). The first-order chi connectivity index (χ1) is 9.92. The number of rotatable bonds is 5. The minimum absolute atomic E-state index is 0.0256. The Kier molecular flexibility index (Phi) is 4.08. The predicted molar refractivity (Wildman–Crippen MR) is 75.0 cm³/mol. The number of nitrogens with zero attached hydrogens (tertiary/aromatic N) is 1. The number of carboxylic acids is 1. The van der Waals surface area contributed by atoms with Crippen LogP contribution in [0, 0.1) is 0 Å². The van der Waals surface area contributed by atoms with Crippen LogP contribution < -0.4 is 9.46 Å². The Balaban J connectivity index is 2.21. The largest absolute Gasteiger partial charge is 0.497 e. The van der Waals surface area contributed by atoms with Gasteiger partial charge in [-0.25, -0.2) is 18.2 Å². The topological polar surface area (TPSA) is 106 Å². The molecular formula is C13H12N2O5S. The number of anilines is 1. The molecule has 0 fully saturated rings. The lowest BCUT2D eigenvalue weighted by molar-refractivity contribution is 0.0696. The minimum Gasteiger partial charge on any atom is -0.497 e. The summed E-state index contributed by atoms with van der Waals surface area (Å²) in [5, 5.41) is 8.75. The Morgan fingerprint density at radius 1 is 1.19 bits per heavy atom. The van der Waals surface area contributed by atoms with Crippen LogP contribution in [0.15, 0.2) is 47.5 Å². The lowest BCUT2D eigenvalue weighted by Gasteiger charge is -2.08. The van der Waals surface area contributed by atoms with E-state index in [4.69, 9.17) is 9.84 Å². The summed E-state index contributed by atoms with van der Waals surface area (Å²) >= 11 is 0. The maximum atomic E-state index is 12.1. The van der Waals surface area contributed by atoms with Gasteiger partial charge in [0.2, 0.25) is 0 Å². The number of benzene rings is 1. The maximum Gasteiger partial charge on any atom is 0.337 e. The van der Waals surface area contributed by atoms with Crippen molar-refractivity contribution in [1.29, 1.82) is 0 Å². The molecule has 0 aliphatic rings. The molecule has 1 aromatic carbocycles. The van der Waals surface area contributed by atoms with Crippen LogP contribution in [0.25, 0.3) is 0 Å². The van der Waals surface area contributed by atoms with E-state index in [2.05, 4.69) is 9.71 Å². The molecule has 0 spiro atoms. The fourth-order valence-electron chi connectivity index (χ4n) is 1.53. The number of pyridine rings is 1. The molecule has 0 aliphatic heterocycles. The summed E-state index contributed by atoms with van der Waals surface area (Å²) in [6, 6.07) is 8.39. The third-order valence-electron chi connectivity index (χ3n) is 2.62. The summed E-state index contributed by atoms with van der Waals surface area (Å²) in [5.41, 5.74) is -0.0256. The van der Waals surface area contributed by atoms with Gasteiger partial charge in [0.15, 0.2) is 0 Å². The van der Waals surface area contributed by atoms with Crippen LogP contribution >= 0.6 is 0 Å². The van der Waals surface area contributed by atoms with Crippen LogP contribution in [-0.2, 0) is 10.0 Å². The SMILES string of the molecule is COc1ccc(S(=O)(=O)Nc2ccc(C(=O)O)cn2)cc1. The first kappa shape index (κ1) is 14.8. The molecule has 110 valence electrons. The lowest BCUT2D eigenvalue weighted by Crippen LogP contribution is -2.14. The number of carbonyl (C=O) groups is 1. The van der Waals surface area contributed by atoms with Crippen LogP contribution in [0.4, 0.5) is 5.82 Å². The van der Waals surface area contributed by atoms with Crippen LogP contribution in [-0.4, -0.2) is 31.6 Å². The van der Waals surface area contributed by atoms with Gasteiger partial charge in [-0.05, 0) is 36.4 Å². The van der Waals surface area contributed by atoms with Crippen molar-refractivity contribution in [2.45, 2.75) is 4.90 Å². The highest BCUT2D eigenvalue weighted by atomic mass is 32.2. The second kappa shape index (κ2) is 5.80. The van der Waals surface area contributed by atoms with Gasteiger partial charge in [0.25, 0.3) is 10.0 Å². The van der Waals surface area contributed by atoms with E-state index in [9.17, 15) is 13.2 Å². The molecule has 0 saturated heterocycles. The minimum atomic E-state index is -3.79. The first-order valence-electron chi connectivity index (χ1n) is 5.78. The van der Waals surface area contributed by atoms with E-state index >= 15 is 0 Å². The normalized spacial score (nSPS) is 10.9. The number of sulfonamides is 1. The van der Waals surface area contributed by atoms with E-state index < -0.39 is 16.0 Å². The monoisotopic (exact) mass is 308 g/mol. The van der Waals surface area contributed by atoms with Gasteiger partial charge in [-0.1, -0.05) is 0 Å². The summed E-state index contributed by atoms with van der Waals surface area (Å²) in [6.45, 7) is 0. The smallest absolute Gasteiger partial charge is 0.337 e. The van der Waals surface area contributed by atoms with E-state index in [1.165, 1.54) is 43.5 Å². The predicted octanol–water partition coefficient (Wildman–Crippen LogP) is 1.59. The summed E-state index contributed by atoms with van der Waals surface area (Å²) in [4.78, 5) is 14.5. The third kappa shape index (κ3) is 3.48. The van der Waals surface area contributed by atoms with Crippen molar-refractivity contribution in [3.63, 3.8) is 0 Å². The standard InChI is InChI=1S/C13H12N2O5S/c1-20-10-3-5-11(6-4-10)21(18,19)15-12-7-2-9(8-14-12)13(16)17/h2-8H,1H3,(H,14,15)(H,16,17). The number of carboxylic acid groups (broad SMARTS) is 1. The third-order valence-corrected chi connectivity index (χ3v) is 3.99. The summed E-state index contributed by atoms with van der Waals surface area (Å²) < 4.78 is 31.4. The zero-order valence-electron chi connectivity index (χ0n) is 11.0. The fourth-order valence-corrected chi connectivity index (χ4v) is 2.54. The van der Waals surface area contributed by atoms with Crippen LogP contribution in [0.3, 0.4) is 0 Å². The molecule has 2 aromatic rings. The number of aromatic nitrogens is 1. The average molecular weight is 308 g/mol. The van der Waals surface area contributed by atoms with Gasteiger partial charge < -0.3 is 9.84 Å². The number of methoxy groups -OCH3 is 1. The lowest BCUT2D eigenvalue weighted by atomic mass is 10.3. The number of hydrogen-bond acceptors (Lipinski definition) is 5. The van der Waals surface area contributed by atoms with Crippen molar-refractivity contribution in [1.82, 2.24) is 4.98 Å². The van der Waals surface area contributed by atoms with Gasteiger partial charge in [-0.15, -0.1) is 0 Å². The zero-order chi connectivity index (χ0) is 15.5. The van der Waals surface area contributed by atoms with Crippen molar-refractivity contribution >= 4 is 21.8 Å². The number of nitrogens with one attached hydrogen (secondary N) is 1. The molecule has 0 saturated carbocycles. The second-order valence-corrected chi connectivity index (χ2v) is 5.70. The van der Waals surface area contributed by atoms with Gasteiger partial charge in [-0.2, -0.15) is 0 Å². The summed E-state index contributed by atoms with van der Waals surface area (Å²) in [7, 11) is -2.31. The van der Waals surface area contributed by atoms with Crippen LogP contribution in [0.1, 0.15) is 10.4 Å². The number of hydrogen-bond donors (Lipinski definition) is 2. The van der Waals surface area contributed by atoms with Gasteiger partial charge >= 0.3 is 5.97 Å². The molecule has 2 N–H and O–H groups in total. The van der Waals surface area contributed by atoms with E-state index in [1.807, 2.05) is 0 Å². The highest BCUT2D eigenvalue weighted by Gasteiger charge is 2.15. The maximum absolute atomic E-state index is 12.1. The van der Waals surface area contributed by atoms with Crippen molar-refractivity contribution in [2.75, 3.05) is 11.8 Å². The molecule has 0 amide bonds. The van der Waals surface area contributed by atoms with Crippen molar-refractivity contribution < 1.29 is 23.1 Å². The molecule has 0 atom stereocenters. The van der Waals surface area contributed by atoms with Gasteiger partial charge in [0.1, 0.15) is 11.6 Å². The van der Waals surface area contributed by atoms with Crippen LogP contribution in [0.2, 0.25) is 0 Å². The Bertz CT molecular complexity index is 739. The summed E-state index contributed by atoms with van der Waals surface area (Å²) in [5.74, 6) is -0.555. The molecule has 7 nitrogen and oxygen atoms in total. The average Bonchev–Trinajstić information content (AvgIpc) is 2.47. The number of aromatic carboxylic acids is 1. The Hall–Kier alpha value is -2.61. The van der Waals surface area contributed by atoms with Crippen molar-refractivity contribution in [3.8, 4) is 5.75 Å². The van der Waals surface area contributed by atoms with E-state index in [0.717, 1.165) is 6.20 Å². The van der Waals surface area contributed by atoms with Gasteiger partial charge in [0.05, 0.1) is 17.6 Å². The van der Waals surface area contributed by atoms with E-state index in [-0.39, 0.29) is 16.3 Å². The quantitative estimate of drug-likeness (QED) is 0.869. The van der Waals surface area contributed by atoms with Crippen LogP contribution in [0.5, 0.6) is 5.75 Å². The molecule has 0 unspecified atom stereocenters. The zero-order valence-corrected chi connectivity index (χ0v) is 11.8.